The summed E-state index contributed by atoms with van der Waals surface area (Å²) in [6.45, 7) is 4.80. The number of rotatable bonds is 9. The summed E-state index contributed by atoms with van der Waals surface area (Å²) in [5.41, 5.74) is 2.23. The maximum Gasteiger partial charge on any atom is 0.229 e. The highest BCUT2D eigenvalue weighted by Gasteiger charge is 2.36. The molecule has 1 N–H and O–H groups in total. The standard InChI is InChI=1S/C24H30N2O6/c1-6-9-32-19-10-15(2)7-8-18(19)25-24(28)16-11-22(27)26(14-16)17-12-20(29-3)23(31-5)21(13-17)30-4/h7-8,10,12-13,16H,6,9,11,14H2,1-5H3,(H,25,28). The molecule has 0 saturated carbocycles. The van der Waals surface area contributed by atoms with Crippen LogP contribution in [0.3, 0.4) is 0 Å². The zero-order valence-electron chi connectivity index (χ0n) is 19.2. The Morgan fingerprint density at radius 1 is 1.06 bits per heavy atom. The molecule has 0 aromatic heterocycles. The molecule has 32 heavy (non-hydrogen) atoms. The van der Waals surface area contributed by atoms with Crippen molar-refractivity contribution in [3.8, 4) is 23.0 Å². The molecule has 2 amide bonds. The van der Waals surface area contributed by atoms with E-state index in [2.05, 4.69) is 5.32 Å². The molecule has 2 aromatic rings. The fourth-order valence-electron chi connectivity index (χ4n) is 3.65. The van der Waals surface area contributed by atoms with Crippen molar-refractivity contribution in [2.45, 2.75) is 26.7 Å². The Balaban J connectivity index is 1.78. The van der Waals surface area contributed by atoms with E-state index in [-0.39, 0.29) is 24.8 Å². The van der Waals surface area contributed by atoms with Crippen LogP contribution in [0.4, 0.5) is 11.4 Å². The first-order valence-corrected chi connectivity index (χ1v) is 10.6. The summed E-state index contributed by atoms with van der Waals surface area (Å²) in [6, 6.07) is 9.04. The molecule has 1 aliphatic heterocycles. The van der Waals surface area contributed by atoms with Crippen LogP contribution >= 0.6 is 0 Å². The topological polar surface area (TPSA) is 86.3 Å². The van der Waals surface area contributed by atoms with Crippen molar-refractivity contribution in [3.63, 3.8) is 0 Å². The van der Waals surface area contributed by atoms with Gasteiger partial charge in [0.1, 0.15) is 5.75 Å². The van der Waals surface area contributed by atoms with E-state index in [0.717, 1.165) is 12.0 Å². The van der Waals surface area contributed by atoms with E-state index in [1.54, 1.807) is 17.0 Å². The molecule has 1 saturated heterocycles. The molecule has 3 rings (SSSR count). The SMILES string of the molecule is CCCOc1cc(C)ccc1NC(=O)C1CC(=O)N(c2cc(OC)c(OC)c(OC)c2)C1. The summed E-state index contributed by atoms with van der Waals surface area (Å²) in [5.74, 6) is 1.09. The average molecular weight is 443 g/mol. The lowest BCUT2D eigenvalue weighted by Crippen LogP contribution is -2.28. The van der Waals surface area contributed by atoms with Crippen molar-refractivity contribution in [1.29, 1.82) is 0 Å². The highest BCUT2D eigenvalue weighted by atomic mass is 16.5. The third-order valence-corrected chi connectivity index (χ3v) is 5.31. The third-order valence-electron chi connectivity index (χ3n) is 5.31. The Kier molecular flexibility index (Phi) is 7.45. The van der Waals surface area contributed by atoms with E-state index in [0.29, 0.717) is 41.0 Å². The van der Waals surface area contributed by atoms with Crippen LogP contribution in [0.5, 0.6) is 23.0 Å². The number of amides is 2. The largest absolute Gasteiger partial charge is 0.493 e. The van der Waals surface area contributed by atoms with E-state index >= 15 is 0 Å². The molecule has 0 bridgehead atoms. The second kappa shape index (κ2) is 10.3. The predicted molar refractivity (Wildman–Crippen MR) is 122 cm³/mol. The quantitative estimate of drug-likeness (QED) is 0.636. The Labute approximate surface area is 188 Å². The van der Waals surface area contributed by atoms with Gasteiger partial charge in [0, 0.05) is 25.1 Å². The Morgan fingerprint density at radius 2 is 1.75 bits per heavy atom. The van der Waals surface area contributed by atoms with Crippen molar-refractivity contribution in [2.75, 3.05) is 44.7 Å². The Hall–Kier alpha value is -3.42. The monoisotopic (exact) mass is 442 g/mol. The number of hydrogen-bond acceptors (Lipinski definition) is 6. The minimum Gasteiger partial charge on any atom is -0.493 e. The van der Waals surface area contributed by atoms with Crippen LogP contribution in [0.25, 0.3) is 0 Å². The number of nitrogens with one attached hydrogen (secondary N) is 1. The molecular weight excluding hydrogens is 412 g/mol. The summed E-state index contributed by atoms with van der Waals surface area (Å²) in [7, 11) is 4.55. The lowest BCUT2D eigenvalue weighted by Gasteiger charge is -2.20. The number of aryl methyl sites for hydroxylation is 1. The summed E-state index contributed by atoms with van der Waals surface area (Å²) >= 11 is 0. The fourth-order valence-corrected chi connectivity index (χ4v) is 3.65. The predicted octanol–water partition coefficient (Wildman–Crippen LogP) is 3.80. The highest BCUT2D eigenvalue weighted by Crippen LogP contribution is 2.42. The van der Waals surface area contributed by atoms with Gasteiger partial charge >= 0.3 is 0 Å². The van der Waals surface area contributed by atoms with Crippen molar-refractivity contribution in [3.05, 3.63) is 35.9 Å². The van der Waals surface area contributed by atoms with Gasteiger partial charge in [0.2, 0.25) is 17.6 Å². The van der Waals surface area contributed by atoms with Gasteiger partial charge in [-0.05, 0) is 31.0 Å². The number of nitrogens with zero attached hydrogens (tertiary/aromatic N) is 1. The minimum atomic E-state index is -0.498. The molecule has 0 aliphatic carbocycles. The summed E-state index contributed by atoms with van der Waals surface area (Å²) in [5, 5.41) is 2.93. The molecule has 8 nitrogen and oxygen atoms in total. The number of hydrogen-bond donors (Lipinski definition) is 1. The molecule has 8 heteroatoms. The van der Waals surface area contributed by atoms with Gasteiger partial charge in [-0.25, -0.2) is 0 Å². The van der Waals surface area contributed by atoms with Gasteiger partial charge in [0.25, 0.3) is 0 Å². The van der Waals surface area contributed by atoms with Crippen LogP contribution in [-0.2, 0) is 9.59 Å². The van der Waals surface area contributed by atoms with Gasteiger partial charge < -0.3 is 29.2 Å². The molecule has 1 unspecified atom stereocenters. The zero-order valence-corrected chi connectivity index (χ0v) is 19.2. The lowest BCUT2D eigenvalue weighted by atomic mass is 10.1. The Morgan fingerprint density at radius 3 is 2.34 bits per heavy atom. The number of carbonyl (C=O) groups excluding carboxylic acids is 2. The first-order chi connectivity index (χ1) is 15.4. The summed E-state index contributed by atoms with van der Waals surface area (Å²) < 4.78 is 21.9. The smallest absolute Gasteiger partial charge is 0.229 e. The maximum absolute atomic E-state index is 13.0. The van der Waals surface area contributed by atoms with E-state index < -0.39 is 5.92 Å². The number of anilines is 2. The van der Waals surface area contributed by atoms with Crippen molar-refractivity contribution >= 4 is 23.2 Å². The van der Waals surface area contributed by atoms with Gasteiger partial charge in [-0.1, -0.05) is 13.0 Å². The number of ether oxygens (including phenoxy) is 4. The molecule has 0 spiro atoms. The van der Waals surface area contributed by atoms with Gasteiger partial charge in [0.15, 0.2) is 11.5 Å². The normalized spacial score (nSPS) is 15.5. The molecule has 0 radical (unpaired) electrons. The van der Waals surface area contributed by atoms with E-state index in [1.807, 2.05) is 32.0 Å². The first kappa shape index (κ1) is 23.2. The molecule has 1 atom stereocenters. The molecule has 172 valence electrons. The van der Waals surface area contributed by atoms with Crippen LogP contribution in [0.1, 0.15) is 25.3 Å². The summed E-state index contributed by atoms with van der Waals surface area (Å²) in [6.07, 6.45) is 0.974. The van der Waals surface area contributed by atoms with Gasteiger partial charge in [-0.15, -0.1) is 0 Å². The van der Waals surface area contributed by atoms with Crippen LogP contribution in [0, 0.1) is 12.8 Å². The van der Waals surface area contributed by atoms with Crippen molar-refractivity contribution in [2.24, 2.45) is 5.92 Å². The molecule has 2 aromatic carbocycles. The average Bonchev–Trinajstić information content (AvgIpc) is 3.19. The van der Waals surface area contributed by atoms with Gasteiger partial charge in [-0.2, -0.15) is 0 Å². The van der Waals surface area contributed by atoms with Crippen LogP contribution in [0.15, 0.2) is 30.3 Å². The zero-order chi connectivity index (χ0) is 23.3. The van der Waals surface area contributed by atoms with E-state index in [9.17, 15) is 9.59 Å². The molecule has 1 aliphatic rings. The van der Waals surface area contributed by atoms with E-state index in [1.165, 1.54) is 21.3 Å². The van der Waals surface area contributed by atoms with Crippen LogP contribution in [0.2, 0.25) is 0 Å². The number of benzene rings is 2. The van der Waals surface area contributed by atoms with Gasteiger partial charge in [0.05, 0.1) is 45.2 Å². The van der Waals surface area contributed by atoms with Crippen LogP contribution < -0.4 is 29.2 Å². The number of carbonyl (C=O) groups is 2. The van der Waals surface area contributed by atoms with E-state index in [4.69, 9.17) is 18.9 Å². The maximum atomic E-state index is 13.0. The molecular formula is C24H30N2O6. The van der Waals surface area contributed by atoms with Crippen LogP contribution in [-0.4, -0.2) is 46.3 Å². The first-order valence-electron chi connectivity index (χ1n) is 10.6. The van der Waals surface area contributed by atoms with Crippen molar-refractivity contribution < 1.29 is 28.5 Å². The third kappa shape index (κ3) is 4.90. The molecule has 1 fully saturated rings. The fraction of sp³-hybridized carbons (Fsp3) is 0.417. The molecule has 1 heterocycles. The summed E-state index contributed by atoms with van der Waals surface area (Å²) in [4.78, 5) is 27.3. The highest BCUT2D eigenvalue weighted by molar-refractivity contribution is 6.04. The second-order valence-corrected chi connectivity index (χ2v) is 7.63. The Bertz CT molecular complexity index is 965. The van der Waals surface area contributed by atoms with Gasteiger partial charge in [-0.3, -0.25) is 9.59 Å². The second-order valence-electron chi connectivity index (χ2n) is 7.63. The minimum absolute atomic E-state index is 0.111. The number of methoxy groups -OCH3 is 3. The lowest BCUT2D eigenvalue weighted by molar-refractivity contribution is -0.122. The van der Waals surface area contributed by atoms with Crippen molar-refractivity contribution in [1.82, 2.24) is 0 Å².